The number of aromatic nitrogens is 2. The van der Waals surface area contributed by atoms with Gasteiger partial charge in [-0.1, -0.05) is 26.8 Å². The van der Waals surface area contributed by atoms with Crippen LogP contribution in [0.2, 0.25) is 0 Å². The van der Waals surface area contributed by atoms with Crippen molar-refractivity contribution in [2.45, 2.75) is 33.1 Å². The maximum Gasteiger partial charge on any atom is 0.245 e. The van der Waals surface area contributed by atoms with Crippen molar-refractivity contribution in [3.63, 3.8) is 0 Å². The third-order valence-corrected chi connectivity index (χ3v) is 3.97. The van der Waals surface area contributed by atoms with E-state index in [2.05, 4.69) is 24.0 Å². The number of fused-ring (bicyclic) bond motifs is 1. The first-order chi connectivity index (χ1) is 10.5. The molecule has 0 saturated carbocycles. The van der Waals surface area contributed by atoms with E-state index >= 15 is 0 Å². The van der Waals surface area contributed by atoms with Crippen LogP contribution in [-0.4, -0.2) is 38.1 Å². The maximum absolute atomic E-state index is 11.9. The summed E-state index contributed by atoms with van der Waals surface area (Å²) >= 11 is 0. The molecule has 22 heavy (non-hydrogen) atoms. The first kappa shape index (κ1) is 14.7. The van der Waals surface area contributed by atoms with Crippen molar-refractivity contribution in [1.29, 1.82) is 0 Å². The summed E-state index contributed by atoms with van der Waals surface area (Å²) in [6.07, 6.45) is 2.26. The Kier molecular flexibility index (Phi) is 3.70. The molecule has 1 N–H and O–H groups in total. The summed E-state index contributed by atoms with van der Waals surface area (Å²) in [4.78, 5) is 11.9. The molecule has 1 amide bonds. The molecule has 1 aliphatic rings. The van der Waals surface area contributed by atoms with Crippen LogP contribution in [0, 0.1) is 5.92 Å². The van der Waals surface area contributed by atoms with Crippen LogP contribution in [0.1, 0.15) is 44.4 Å². The summed E-state index contributed by atoms with van der Waals surface area (Å²) in [7, 11) is 0. The molecule has 6 nitrogen and oxygen atoms in total. The van der Waals surface area contributed by atoms with Gasteiger partial charge in [0.1, 0.15) is 6.73 Å². The molecule has 0 fully saturated rings. The smallest absolute Gasteiger partial charge is 0.245 e. The van der Waals surface area contributed by atoms with E-state index in [1.54, 1.807) is 0 Å². The number of hydrogen-bond acceptors (Lipinski definition) is 4. The lowest BCUT2D eigenvalue weighted by Gasteiger charge is -2.26. The normalized spacial score (nSPS) is 19.1. The lowest BCUT2D eigenvalue weighted by atomic mass is 9.90. The number of hydrazone groups is 1. The van der Waals surface area contributed by atoms with Gasteiger partial charge in [0, 0.05) is 24.1 Å². The Morgan fingerprint density at radius 3 is 2.86 bits per heavy atom. The number of carbonyl (C=O) groups excluding carboxylic acids is 1. The highest BCUT2D eigenvalue weighted by Crippen LogP contribution is 2.29. The molecule has 0 spiro atoms. The minimum Gasteiger partial charge on any atom is -0.374 e. The van der Waals surface area contributed by atoms with E-state index in [4.69, 9.17) is 0 Å². The van der Waals surface area contributed by atoms with Gasteiger partial charge in [0.2, 0.25) is 5.91 Å². The highest BCUT2D eigenvalue weighted by molar-refractivity contribution is 6.11. The quantitative estimate of drug-likeness (QED) is 0.942. The van der Waals surface area contributed by atoms with Gasteiger partial charge in [0.05, 0.1) is 16.9 Å². The van der Waals surface area contributed by atoms with Crippen molar-refractivity contribution in [3.05, 3.63) is 35.7 Å². The van der Waals surface area contributed by atoms with E-state index in [-0.39, 0.29) is 17.7 Å². The minimum atomic E-state index is -0.398. The van der Waals surface area contributed by atoms with Crippen molar-refractivity contribution in [1.82, 2.24) is 14.6 Å². The zero-order valence-corrected chi connectivity index (χ0v) is 13.0. The minimum absolute atomic E-state index is 0.000932. The highest BCUT2D eigenvalue weighted by Gasteiger charge is 2.31. The Balaban J connectivity index is 2.24. The van der Waals surface area contributed by atoms with Crippen molar-refractivity contribution in [2.24, 2.45) is 11.0 Å². The third kappa shape index (κ3) is 2.29. The van der Waals surface area contributed by atoms with E-state index in [0.717, 1.165) is 27.5 Å². The zero-order chi connectivity index (χ0) is 15.9. The van der Waals surface area contributed by atoms with Crippen LogP contribution >= 0.6 is 0 Å². The summed E-state index contributed by atoms with van der Waals surface area (Å²) in [5.74, 6) is 0.0901. The van der Waals surface area contributed by atoms with Crippen LogP contribution in [0.25, 0.3) is 5.52 Å². The van der Waals surface area contributed by atoms with Crippen molar-refractivity contribution in [2.75, 3.05) is 6.73 Å². The summed E-state index contributed by atoms with van der Waals surface area (Å²) in [5, 5.41) is 19.5. The molecule has 3 rings (SSSR count). The van der Waals surface area contributed by atoms with E-state index in [1.807, 2.05) is 35.8 Å². The molecule has 0 unspecified atom stereocenters. The summed E-state index contributed by atoms with van der Waals surface area (Å²) < 4.78 is 1.85. The van der Waals surface area contributed by atoms with Gasteiger partial charge in [-0.15, -0.1) is 0 Å². The van der Waals surface area contributed by atoms with Gasteiger partial charge in [0.15, 0.2) is 0 Å². The van der Waals surface area contributed by atoms with Gasteiger partial charge in [-0.3, -0.25) is 4.79 Å². The Morgan fingerprint density at radius 1 is 1.41 bits per heavy atom. The van der Waals surface area contributed by atoms with E-state index in [1.165, 1.54) is 0 Å². The SMILES string of the molecule is CC(C)c1nn2ccccc2c1C1=NN(CO)C(=O)C[C@@H]1C. The number of aliphatic hydroxyl groups excluding tert-OH is 1. The van der Waals surface area contributed by atoms with Gasteiger partial charge in [0.25, 0.3) is 0 Å². The second-order valence-corrected chi connectivity index (χ2v) is 5.97. The predicted octanol–water partition coefficient (Wildman–Crippen LogP) is 1.98. The van der Waals surface area contributed by atoms with Gasteiger partial charge < -0.3 is 5.11 Å². The van der Waals surface area contributed by atoms with Crippen LogP contribution in [0.3, 0.4) is 0 Å². The first-order valence-electron chi connectivity index (χ1n) is 7.50. The Morgan fingerprint density at radius 2 is 2.18 bits per heavy atom. The zero-order valence-electron chi connectivity index (χ0n) is 13.0. The molecular weight excluding hydrogens is 280 g/mol. The molecule has 0 radical (unpaired) electrons. The monoisotopic (exact) mass is 300 g/mol. The summed E-state index contributed by atoms with van der Waals surface area (Å²) in [6.45, 7) is 5.77. The van der Waals surface area contributed by atoms with Gasteiger partial charge in [-0.25, -0.2) is 9.52 Å². The fourth-order valence-electron chi connectivity index (χ4n) is 2.84. The molecule has 0 saturated heterocycles. The van der Waals surface area contributed by atoms with Gasteiger partial charge in [-0.2, -0.15) is 10.2 Å². The predicted molar refractivity (Wildman–Crippen MR) is 83.5 cm³/mol. The molecule has 1 aliphatic heterocycles. The van der Waals surface area contributed by atoms with Crippen molar-refractivity contribution >= 4 is 17.1 Å². The molecular formula is C16H20N4O2. The second-order valence-electron chi connectivity index (χ2n) is 5.97. The van der Waals surface area contributed by atoms with Crippen LogP contribution < -0.4 is 0 Å². The topological polar surface area (TPSA) is 70.2 Å². The Bertz CT molecular complexity index is 748. The Hall–Kier alpha value is -2.21. The highest BCUT2D eigenvalue weighted by atomic mass is 16.3. The Labute approximate surface area is 129 Å². The third-order valence-electron chi connectivity index (χ3n) is 3.97. The van der Waals surface area contributed by atoms with E-state index in [0.29, 0.717) is 6.42 Å². The molecule has 2 aromatic heterocycles. The molecule has 0 aromatic carbocycles. The van der Waals surface area contributed by atoms with Crippen LogP contribution in [-0.2, 0) is 4.79 Å². The fourth-order valence-corrected chi connectivity index (χ4v) is 2.84. The number of amides is 1. The fraction of sp³-hybridized carbons (Fsp3) is 0.438. The molecule has 3 heterocycles. The number of rotatable bonds is 3. The lowest BCUT2D eigenvalue weighted by Crippen LogP contribution is -2.37. The van der Waals surface area contributed by atoms with Gasteiger partial charge >= 0.3 is 0 Å². The molecule has 0 bridgehead atoms. The average molecular weight is 300 g/mol. The number of nitrogens with zero attached hydrogens (tertiary/aromatic N) is 4. The lowest BCUT2D eigenvalue weighted by molar-refractivity contribution is -0.136. The number of aliphatic hydroxyl groups is 1. The standard InChI is InChI=1S/C16H20N4O2/c1-10(2)15-14(12-6-4-5-7-19(12)17-15)16-11(3)8-13(22)20(9-21)18-16/h4-7,10-11,21H,8-9H2,1-3H3/t11-/m0/s1. The number of pyridine rings is 1. The largest absolute Gasteiger partial charge is 0.374 e. The number of carbonyl (C=O) groups is 1. The molecule has 6 heteroatoms. The summed E-state index contributed by atoms with van der Waals surface area (Å²) in [5.41, 5.74) is 3.74. The average Bonchev–Trinajstić information content (AvgIpc) is 2.87. The van der Waals surface area contributed by atoms with E-state index in [9.17, 15) is 9.90 Å². The van der Waals surface area contributed by atoms with Gasteiger partial charge in [-0.05, 0) is 18.1 Å². The van der Waals surface area contributed by atoms with Crippen LogP contribution in [0.4, 0.5) is 0 Å². The molecule has 1 atom stereocenters. The van der Waals surface area contributed by atoms with Crippen LogP contribution in [0.15, 0.2) is 29.5 Å². The molecule has 0 aliphatic carbocycles. The second kappa shape index (κ2) is 5.53. The first-order valence-corrected chi connectivity index (χ1v) is 7.50. The molecule has 116 valence electrons. The summed E-state index contributed by atoms with van der Waals surface area (Å²) in [6, 6.07) is 5.90. The van der Waals surface area contributed by atoms with Crippen molar-refractivity contribution in [3.8, 4) is 0 Å². The van der Waals surface area contributed by atoms with Crippen molar-refractivity contribution < 1.29 is 9.90 Å². The maximum atomic E-state index is 11.9. The molecule has 2 aromatic rings. The van der Waals surface area contributed by atoms with Crippen LogP contribution in [0.5, 0.6) is 0 Å². The number of hydrogen-bond donors (Lipinski definition) is 1. The van der Waals surface area contributed by atoms with E-state index < -0.39 is 6.73 Å².